The quantitative estimate of drug-likeness (QED) is 0.177. The number of amides is 2. The normalized spacial score (nSPS) is 11.1. The van der Waals surface area contributed by atoms with Crippen molar-refractivity contribution in [1.29, 1.82) is 0 Å². The van der Waals surface area contributed by atoms with Crippen molar-refractivity contribution in [2.75, 3.05) is 10.6 Å². The average molecular weight is 579 g/mol. The van der Waals surface area contributed by atoms with Gasteiger partial charge in [-0.05, 0) is 66.6 Å². The van der Waals surface area contributed by atoms with Crippen LogP contribution < -0.4 is 10.6 Å². The molecule has 3 aromatic carbocycles. The maximum atomic E-state index is 12.9. The summed E-state index contributed by atoms with van der Waals surface area (Å²) in [5.74, 6) is 0.183. The molecule has 0 atom stereocenters. The number of benzene rings is 3. The molecule has 0 radical (unpaired) electrons. The lowest BCUT2D eigenvalue weighted by molar-refractivity contribution is -0.111. The Morgan fingerprint density at radius 3 is 2.48 bits per heavy atom. The number of hydrogen-bond donors (Lipinski definition) is 2. The molecule has 6 aromatic rings. The van der Waals surface area contributed by atoms with Crippen LogP contribution >= 0.6 is 0 Å². The molecule has 6 rings (SSSR count). The highest BCUT2D eigenvalue weighted by Gasteiger charge is 2.18. The maximum absolute atomic E-state index is 12.9. The molecule has 0 fully saturated rings. The van der Waals surface area contributed by atoms with E-state index in [0.717, 1.165) is 40.0 Å². The van der Waals surface area contributed by atoms with E-state index in [0.29, 0.717) is 29.2 Å². The third-order valence-electron chi connectivity index (χ3n) is 7.02. The Morgan fingerprint density at radius 1 is 0.841 bits per heavy atom. The number of rotatable bonds is 9. The van der Waals surface area contributed by atoms with Gasteiger partial charge in [-0.2, -0.15) is 5.10 Å². The minimum atomic E-state index is -0.267. The lowest BCUT2D eigenvalue weighted by Gasteiger charge is -2.09. The van der Waals surface area contributed by atoms with E-state index in [-0.39, 0.29) is 11.8 Å². The summed E-state index contributed by atoms with van der Waals surface area (Å²) in [7, 11) is 0. The highest BCUT2D eigenvalue weighted by molar-refractivity contribution is 6.06. The number of aromatic nitrogens is 4. The second-order valence-electron chi connectivity index (χ2n) is 10.2. The first-order valence-electron chi connectivity index (χ1n) is 14.4. The van der Waals surface area contributed by atoms with Crippen molar-refractivity contribution in [2.24, 2.45) is 0 Å². The van der Waals surface area contributed by atoms with E-state index in [1.165, 1.54) is 6.08 Å². The van der Waals surface area contributed by atoms with Crippen molar-refractivity contribution < 1.29 is 9.59 Å². The predicted octanol–water partition coefficient (Wildman–Crippen LogP) is 7.21. The zero-order valence-electron chi connectivity index (χ0n) is 24.1. The van der Waals surface area contributed by atoms with Crippen LogP contribution in [0, 0.1) is 0 Å². The van der Waals surface area contributed by atoms with Gasteiger partial charge in [-0.3, -0.25) is 9.59 Å². The fourth-order valence-corrected chi connectivity index (χ4v) is 4.91. The van der Waals surface area contributed by atoms with Crippen molar-refractivity contribution in [2.45, 2.75) is 19.8 Å². The lowest BCUT2D eigenvalue weighted by atomic mass is 10.0. The summed E-state index contributed by atoms with van der Waals surface area (Å²) in [6.07, 6.45) is 8.28. The topological polar surface area (TPSA) is 101 Å². The molecule has 0 spiro atoms. The van der Waals surface area contributed by atoms with Crippen molar-refractivity contribution >= 4 is 28.7 Å². The molecule has 8 heteroatoms. The number of carbonyl (C=O) groups is 2. The van der Waals surface area contributed by atoms with E-state index >= 15 is 0 Å². The molecule has 3 heterocycles. The summed E-state index contributed by atoms with van der Waals surface area (Å²) in [5.41, 5.74) is 7.28. The molecule has 2 amide bonds. The van der Waals surface area contributed by atoms with Gasteiger partial charge in [0.05, 0.1) is 16.8 Å². The standard InChI is InChI=1S/C36H30N6O2/c1-2-3-15-33(43)38-29-13-9-12-27(24-29)36(44)39-28-18-16-25(17-19-28)23-32-37-21-20-30(40-32)34-31-14-7-8-22-42(31)41-35(34)26-10-5-4-6-11-26/h3-22,24H,2,23H2,1H3,(H,38,43)(H,39,44)/b15-3+. The number of carbonyl (C=O) groups excluding carboxylic acids is 2. The van der Waals surface area contributed by atoms with E-state index in [9.17, 15) is 9.59 Å². The van der Waals surface area contributed by atoms with Gasteiger partial charge in [0, 0.05) is 41.3 Å². The van der Waals surface area contributed by atoms with Crippen LogP contribution in [-0.2, 0) is 11.2 Å². The minimum absolute atomic E-state index is 0.232. The van der Waals surface area contributed by atoms with Crippen LogP contribution in [0.3, 0.4) is 0 Å². The molecule has 3 aromatic heterocycles. The molecule has 216 valence electrons. The first-order chi connectivity index (χ1) is 21.6. The summed E-state index contributed by atoms with van der Waals surface area (Å²) in [6, 6.07) is 32.5. The van der Waals surface area contributed by atoms with Crippen molar-refractivity contribution in [3.8, 4) is 22.5 Å². The molecule has 0 unspecified atom stereocenters. The Kier molecular flexibility index (Phi) is 8.32. The molecule has 8 nitrogen and oxygen atoms in total. The summed E-state index contributed by atoms with van der Waals surface area (Å²) in [4.78, 5) is 34.4. The summed E-state index contributed by atoms with van der Waals surface area (Å²) < 4.78 is 1.88. The van der Waals surface area contributed by atoms with Crippen LogP contribution in [0.4, 0.5) is 11.4 Å². The van der Waals surface area contributed by atoms with Gasteiger partial charge in [0.15, 0.2) is 0 Å². The van der Waals surface area contributed by atoms with Gasteiger partial charge in [-0.1, -0.05) is 67.6 Å². The molecule has 0 aliphatic rings. The SMILES string of the molecule is CC/C=C/C(=O)Nc1cccc(C(=O)Nc2ccc(Cc3nccc(-c4c(-c5ccccc5)nn5ccccc45)n3)cc2)c1. The largest absolute Gasteiger partial charge is 0.322 e. The Bertz CT molecular complexity index is 1960. The first kappa shape index (κ1) is 28.2. The highest BCUT2D eigenvalue weighted by atomic mass is 16.2. The minimum Gasteiger partial charge on any atom is -0.322 e. The number of pyridine rings is 1. The van der Waals surface area contributed by atoms with Gasteiger partial charge in [0.2, 0.25) is 5.91 Å². The third kappa shape index (κ3) is 6.44. The third-order valence-corrected chi connectivity index (χ3v) is 7.02. The molecule has 0 bridgehead atoms. The number of nitrogens with one attached hydrogen (secondary N) is 2. The van der Waals surface area contributed by atoms with E-state index in [1.807, 2.05) is 84.4 Å². The van der Waals surface area contributed by atoms with Crippen LogP contribution in [0.15, 0.2) is 128 Å². The number of hydrogen-bond acceptors (Lipinski definition) is 5. The predicted molar refractivity (Wildman–Crippen MR) is 173 cm³/mol. The maximum Gasteiger partial charge on any atom is 0.255 e. The van der Waals surface area contributed by atoms with Crippen LogP contribution in [0.1, 0.15) is 35.1 Å². The summed E-state index contributed by atoms with van der Waals surface area (Å²) in [6.45, 7) is 1.96. The van der Waals surface area contributed by atoms with Gasteiger partial charge in [-0.25, -0.2) is 14.5 Å². The van der Waals surface area contributed by atoms with Gasteiger partial charge < -0.3 is 10.6 Å². The van der Waals surface area contributed by atoms with Crippen molar-refractivity contribution in [3.63, 3.8) is 0 Å². The molecular weight excluding hydrogens is 548 g/mol. The van der Waals surface area contributed by atoms with E-state index in [4.69, 9.17) is 10.1 Å². The average Bonchev–Trinajstić information content (AvgIpc) is 3.45. The van der Waals surface area contributed by atoms with Gasteiger partial charge in [-0.15, -0.1) is 0 Å². The molecule has 0 saturated heterocycles. The molecule has 0 aliphatic carbocycles. The van der Waals surface area contributed by atoms with E-state index in [2.05, 4.69) is 27.8 Å². The zero-order chi connectivity index (χ0) is 30.3. The number of nitrogens with zero attached hydrogens (tertiary/aromatic N) is 4. The number of anilines is 2. The Labute approximate surface area is 255 Å². The van der Waals surface area contributed by atoms with Crippen molar-refractivity contribution in [3.05, 3.63) is 145 Å². The zero-order valence-corrected chi connectivity index (χ0v) is 24.1. The fourth-order valence-electron chi connectivity index (χ4n) is 4.91. The van der Waals surface area contributed by atoms with E-state index < -0.39 is 0 Å². The van der Waals surface area contributed by atoms with Gasteiger partial charge in [0.1, 0.15) is 11.5 Å². The van der Waals surface area contributed by atoms with Crippen molar-refractivity contribution in [1.82, 2.24) is 19.6 Å². The molecule has 0 aliphatic heterocycles. The Morgan fingerprint density at radius 2 is 1.66 bits per heavy atom. The van der Waals surface area contributed by atoms with Crippen LogP contribution in [0.25, 0.3) is 28.0 Å². The summed E-state index contributed by atoms with van der Waals surface area (Å²) in [5, 5.41) is 10.6. The molecule has 44 heavy (non-hydrogen) atoms. The smallest absolute Gasteiger partial charge is 0.255 e. The van der Waals surface area contributed by atoms with E-state index in [1.54, 1.807) is 36.5 Å². The second-order valence-corrected chi connectivity index (χ2v) is 10.2. The number of fused-ring (bicyclic) bond motifs is 1. The Hall–Kier alpha value is -5.89. The molecular formula is C36H30N6O2. The highest BCUT2D eigenvalue weighted by Crippen LogP contribution is 2.34. The second kappa shape index (κ2) is 13.0. The fraction of sp³-hybridized carbons (Fsp3) is 0.0833. The van der Waals surface area contributed by atoms with Crippen LogP contribution in [0.5, 0.6) is 0 Å². The monoisotopic (exact) mass is 578 g/mol. The lowest BCUT2D eigenvalue weighted by Crippen LogP contribution is -2.13. The number of allylic oxidation sites excluding steroid dienone is 1. The van der Waals surface area contributed by atoms with Gasteiger partial charge >= 0.3 is 0 Å². The first-order valence-corrected chi connectivity index (χ1v) is 14.4. The molecule has 2 N–H and O–H groups in total. The van der Waals surface area contributed by atoms with Gasteiger partial charge in [0.25, 0.3) is 5.91 Å². The molecule has 0 saturated carbocycles. The summed E-state index contributed by atoms with van der Waals surface area (Å²) >= 11 is 0. The Balaban J connectivity index is 1.17. The van der Waals surface area contributed by atoms with Crippen LogP contribution in [-0.4, -0.2) is 31.4 Å². The van der Waals surface area contributed by atoms with Crippen LogP contribution in [0.2, 0.25) is 0 Å².